The van der Waals surface area contributed by atoms with Crippen LogP contribution in [-0.2, 0) is 11.3 Å². The molecule has 0 saturated heterocycles. The number of anilines is 2. The molecule has 3 rings (SSSR count). The summed E-state index contributed by atoms with van der Waals surface area (Å²) in [5, 5.41) is 0. The SMILES string of the molecule is CCCCN(C(=O)C1CC1c1ccccc1F)c1c(N)n(CCCC)c(=O)[nH]c1=O. The lowest BCUT2D eigenvalue weighted by Gasteiger charge is -2.24. The molecule has 1 aliphatic carbocycles. The second-order valence-electron chi connectivity index (χ2n) is 7.81. The van der Waals surface area contributed by atoms with Crippen molar-refractivity contribution in [3.63, 3.8) is 0 Å². The Morgan fingerprint density at radius 3 is 2.60 bits per heavy atom. The molecule has 1 fully saturated rings. The molecule has 2 unspecified atom stereocenters. The van der Waals surface area contributed by atoms with Crippen molar-refractivity contribution in [1.29, 1.82) is 0 Å². The van der Waals surface area contributed by atoms with E-state index in [0.29, 0.717) is 31.5 Å². The highest BCUT2D eigenvalue weighted by Gasteiger charge is 2.47. The number of aromatic nitrogens is 2. The molecule has 1 amide bonds. The standard InChI is InChI=1S/C22H29FN4O3/c1-3-5-11-26(18-19(24)27(12-6-4-2)22(30)25-20(18)28)21(29)16-13-15(16)14-9-7-8-10-17(14)23/h7-10,15-16H,3-6,11-13,24H2,1-2H3,(H,25,28,30). The Bertz CT molecular complexity index is 1030. The minimum absolute atomic E-state index is 0.00439. The van der Waals surface area contributed by atoms with Crippen LogP contribution in [0.25, 0.3) is 0 Å². The van der Waals surface area contributed by atoms with Crippen LogP contribution in [0.5, 0.6) is 0 Å². The second-order valence-corrected chi connectivity index (χ2v) is 7.81. The highest BCUT2D eigenvalue weighted by molar-refractivity contribution is 5.99. The molecule has 3 N–H and O–H groups in total. The fourth-order valence-corrected chi connectivity index (χ4v) is 3.81. The van der Waals surface area contributed by atoms with E-state index in [1.165, 1.54) is 15.5 Å². The maximum Gasteiger partial charge on any atom is 0.330 e. The van der Waals surface area contributed by atoms with Gasteiger partial charge in [-0.1, -0.05) is 44.9 Å². The molecular weight excluding hydrogens is 387 g/mol. The number of unbranched alkanes of at least 4 members (excludes halogenated alkanes) is 2. The van der Waals surface area contributed by atoms with Crippen LogP contribution in [-0.4, -0.2) is 22.0 Å². The molecule has 8 heteroatoms. The zero-order chi connectivity index (χ0) is 21.8. The Balaban J connectivity index is 1.95. The number of rotatable bonds is 9. The number of nitrogen functional groups attached to an aromatic ring is 1. The van der Waals surface area contributed by atoms with Crippen molar-refractivity contribution in [3.05, 3.63) is 56.5 Å². The Kier molecular flexibility index (Phi) is 6.74. The van der Waals surface area contributed by atoms with Crippen LogP contribution in [0.2, 0.25) is 0 Å². The summed E-state index contributed by atoms with van der Waals surface area (Å²) in [7, 11) is 0. The maximum absolute atomic E-state index is 14.1. The van der Waals surface area contributed by atoms with Gasteiger partial charge >= 0.3 is 5.69 Å². The number of carbonyl (C=O) groups excluding carboxylic acids is 1. The molecule has 0 aliphatic heterocycles. The molecule has 2 atom stereocenters. The Morgan fingerprint density at radius 2 is 1.93 bits per heavy atom. The van der Waals surface area contributed by atoms with Gasteiger partial charge in [0.05, 0.1) is 0 Å². The summed E-state index contributed by atoms with van der Waals surface area (Å²) in [6.45, 7) is 4.65. The number of nitrogens with two attached hydrogens (primary N) is 1. The van der Waals surface area contributed by atoms with Gasteiger partial charge in [0.2, 0.25) is 5.91 Å². The molecule has 1 saturated carbocycles. The van der Waals surface area contributed by atoms with Crippen molar-refractivity contribution < 1.29 is 9.18 Å². The Hall–Kier alpha value is -2.90. The summed E-state index contributed by atoms with van der Waals surface area (Å²) < 4.78 is 15.5. The monoisotopic (exact) mass is 416 g/mol. The molecule has 1 aromatic heterocycles. The van der Waals surface area contributed by atoms with Crippen molar-refractivity contribution >= 4 is 17.4 Å². The number of benzene rings is 1. The van der Waals surface area contributed by atoms with E-state index in [1.54, 1.807) is 18.2 Å². The van der Waals surface area contributed by atoms with Gasteiger partial charge in [0.1, 0.15) is 11.6 Å². The van der Waals surface area contributed by atoms with Crippen LogP contribution < -0.4 is 21.9 Å². The molecular formula is C22H29FN4O3. The number of hydrogen-bond donors (Lipinski definition) is 2. The van der Waals surface area contributed by atoms with Crippen molar-refractivity contribution in [2.24, 2.45) is 5.92 Å². The highest BCUT2D eigenvalue weighted by atomic mass is 19.1. The molecule has 162 valence electrons. The van der Waals surface area contributed by atoms with E-state index >= 15 is 0 Å². The molecule has 2 aromatic rings. The van der Waals surface area contributed by atoms with E-state index in [1.807, 2.05) is 13.8 Å². The van der Waals surface area contributed by atoms with Gasteiger partial charge in [-0.2, -0.15) is 0 Å². The normalized spacial score (nSPS) is 17.7. The lowest BCUT2D eigenvalue weighted by atomic mass is 10.1. The van der Waals surface area contributed by atoms with Gasteiger partial charge in [0.25, 0.3) is 5.56 Å². The molecule has 0 bridgehead atoms. The van der Waals surface area contributed by atoms with E-state index in [2.05, 4.69) is 4.98 Å². The summed E-state index contributed by atoms with van der Waals surface area (Å²) >= 11 is 0. The Labute approximate surface area is 174 Å². The number of hydrogen-bond acceptors (Lipinski definition) is 4. The van der Waals surface area contributed by atoms with Crippen molar-refractivity contribution in [2.45, 2.75) is 58.4 Å². The average Bonchev–Trinajstić information content (AvgIpc) is 3.50. The molecule has 7 nitrogen and oxygen atoms in total. The summed E-state index contributed by atoms with van der Waals surface area (Å²) in [5.74, 6) is -1.20. The third-order valence-corrected chi connectivity index (χ3v) is 5.63. The zero-order valence-corrected chi connectivity index (χ0v) is 17.5. The van der Waals surface area contributed by atoms with Gasteiger partial charge in [0, 0.05) is 19.0 Å². The molecule has 0 radical (unpaired) electrons. The number of aromatic amines is 1. The van der Waals surface area contributed by atoms with Gasteiger partial charge in [0.15, 0.2) is 5.69 Å². The summed E-state index contributed by atoms with van der Waals surface area (Å²) in [6.07, 6.45) is 3.59. The largest absolute Gasteiger partial charge is 0.383 e. The van der Waals surface area contributed by atoms with Crippen LogP contribution in [0.15, 0.2) is 33.9 Å². The molecule has 30 heavy (non-hydrogen) atoms. The molecule has 1 aromatic carbocycles. The first-order valence-corrected chi connectivity index (χ1v) is 10.6. The maximum atomic E-state index is 14.1. The van der Waals surface area contributed by atoms with Crippen molar-refractivity contribution in [3.8, 4) is 0 Å². The number of nitrogens with one attached hydrogen (secondary N) is 1. The zero-order valence-electron chi connectivity index (χ0n) is 17.5. The molecule has 0 spiro atoms. The smallest absolute Gasteiger partial charge is 0.330 e. The fraction of sp³-hybridized carbons (Fsp3) is 0.500. The number of carbonyl (C=O) groups is 1. The predicted octanol–water partition coefficient (Wildman–Crippen LogP) is 2.99. The third-order valence-electron chi connectivity index (χ3n) is 5.63. The first-order chi connectivity index (χ1) is 14.4. The first-order valence-electron chi connectivity index (χ1n) is 10.6. The van der Waals surface area contributed by atoms with E-state index in [9.17, 15) is 18.8 Å². The van der Waals surface area contributed by atoms with Crippen LogP contribution in [0.4, 0.5) is 15.9 Å². The topological polar surface area (TPSA) is 101 Å². The van der Waals surface area contributed by atoms with E-state index in [0.717, 1.165) is 19.3 Å². The summed E-state index contributed by atoms with van der Waals surface area (Å²) in [4.78, 5) is 41.9. The predicted molar refractivity (Wildman–Crippen MR) is 115 cm³/mol. The van der Waals surface area contributed by atoms with Gasteiger partial charge in [-0.05, 0) is 36.8 Å². The van der Waals surface area contributed by atoms with Crippen LogP contribution in [0, 0.1) is 11.7 Å². The van der Waals surface area contributed by atoms with E-state index < -0.39 is 17.2 Å². The number of halogens is 1. The number of amides is 1. The Morgan fingerprint density at radius 1 is 1.23 bits per heavy atom. The summed E-state index contributed by atoms with van der Waals surface area (Å²) in [6, 6.07) is 6.44. The van der Waals surface area contributed by atoms with E-state index in [4.69, 9.17) is 5.73 Å². The second kappa shape index (κ2) is 9.28. The fourth-order valence-electron chi connectivity index (χ4n) is 3.81. The highest BCUT2D eigenvalue weighted by Crippen LogP contribution is 2.49. The van der Waals surface area contributed by atoms with Crippen LogP contribution >= 0.6 is 0 Å². The minimum atomic E-state index is -0.669. The van der Waals surface area contributed by atoms with Gasteiger partial charge in [-0.25, -0.2) is 9.18 Å². The minimum Gasteiger partial charge on any atom is -0.383 e. The van der Waals surface area contributed by atoms with Crippen LogP contribution in [0.3, 0.4) is 0 Å². The van der Waals surface area contributed by atoms with Gasteiger partial charge < -0.3 is 10.6 Å². The average molecular weight is 416 g/mol. The third kappa shape index (κ3) is 4.32. The molecule has 1 aliphatic rings. The van der Waals surface area contributed by atoms with Gasteiger partial charge in [-0.3, -0.25) is 19.1 Å². The number of nitrogens with zero attached hydrogens (tertiary/aromatic N) is 2. The lowest BCUT2D eigenvalue weighted by Crippen LogP contribution is -2.42. The quantitative estimate of drug-likeness (QED) is 0.656. The summed E-state index contributed by atoms with van der Waals surface area (Å²) in [5.41, 5.74) is 5.50. The number of H-pyrrole nitrogens is 1. The molecule has 1 heterocycles. The van der Waals surface area contributed by atoms with Gasteiger partial charge in [-0.15, -0.1) is 0 Å². The van der Waals surface area contributed by atoms with Crippen LogP contribution in [0.1, 0.15) is 57.4 Å². The lowest BCUT2D eigenvalue weighted by molar-refractivity contribution is -0.119. The first kappa shape index (κ1) is 21.8. The van der Waals surface area contributed by atoms with E-state index in [-0.39, 0.29) is 29.1 Å². The van der Waals surface area contributed by atoms with Crippen molar-refractivity contribution in [1.82, 2.24) is 9.55 Å². The van der Waals surface area contributed by atoms with Crippen molar-refractivity contribution in [2.75, 3.05) is 17.2 Å².